The molecule has 0 heterocycles. The van der Waals surface area contributed by atoms with Crippen LogP contribution >= 0.6 is 38.9 Å². The Hall–Kier alpha value is 1.47. The Morgan fingerprint density at radius 2 is 2.20 bits per heavy atom. The molecule has 0 saturated carbocycles. The number of ether oxygens (including phenoxy) is 1. The lowest BCUT2D eigenvalue weighted by molar-refractivity contribution is 0.178. The Labute approximate surface area is 82.6 Å². The van der Waals surface area contributed by atoms with Gasteiger partial charge in [-0.3, -0.25) is 0 Å². The minimum absolute atomic E-state index is 0.201. The molecule has 59 valence electrons. The van der Waals surface area contributed by atoms with E-state index in [-0.39, 0.29) is 10.6 Å². The van der Waals surface area contributed by atoms with Crippen molar-refractivity contribution in [1.82, 2.24) is 0 Å². The van der Waals surface area contributed by atoms with E-state index in [2.05, 4.69) is 35.9 Å². The first kappa shape index (κ1) is 11.5. The zero-order chi connectivity index (χ0) is 8.20. The maximum absolute atomic E-state index is 5.61. The van der Waals surface area contributed by atoms with Crippen molar-refractivity contribution in [2.24, 2.45) is 0 Å². The van der Waals surface area contributed by atoms with E-state index >= 15 is 0 Å². The lowest BCUT2D eigenvalue weighted by Crippen LogP contribution is -2.23. The van der Waals surface area contributed by atoms with E-state index < -0.39 is 0 Å². The fraction of sp³-hybridized carbons (Fsp3) is 1.00. The third-order valence-electron chi connectivity index (χ3n) is 1.16. The van der Waals surface area contributed by atoms with Crippen LogP contribution in [0.15, 0.2) is 0 Å². The zero-order valence-corrected chi connectivity index (χ0v) is 10.2. The van der Waals surface area contributed by atoms with Crippen molar-refractivity contribution in [1.29, 1.82) is 0 Å². The fourth-order valence-corrected chi connectivity index (χ4v) is 2.27. The molecule has 1 radical (unpaired) electrons. The van der Waals surface area contributed by atoms with Crippen molar-refractivity contribution in [2.75, 3.05) is 13.7 Å². The highest BCUT2D eigenvalue weighted by Gasteiger charge is 2.26. The molecule has 0 aliphatic heterocycles. The van der Waals surface area contributed by atoms with E-state index in [9.17, 15) is 0 Å². The lowest BCUT2D eigenvalue weighted by Gasteiger charge is -2.27. The Bertz CT molecular complexity index is 104. The molecule has 0 rings (SSSR count). The van der Waals surface area contributed by atoms with Gasteiger partial charge in [0, 0.05) is 12.3 Å². The van der Waals surface area contributed by atoms with Crippen LogP contribution < -0.4 is 0 Å². The molecule has 1 nitrogen and oxygen atoms in total. The highest BCUT2D eigenvalue weighted by atomic mass is 127. The SMILES string of the molecule is COCC(C)(C)P(I)[B]Cl. The highest BCUT2D eigenvalue weighted by Crippen LogP contribution is 2.55. The van der Waals surface area contributed by atoms with Crippen LogP contribution in [0, 0.1) is 0 Å². The summed E-state index contributed by atoms with van der Waals surface area (Å²) < 4.78 is 5.06. The van der Waals surface area contributed by atoms with E-state index in [1.165, 1.54) is 0 Å². The van der Waals surface area contributed by atoms with Gasteiger partial charge in [-0.1, -0.05) is 41.3 Å². The number of hydrogen-bond donors (Lipinski definition) is 0. The topological polar surface area (TPSA) is 9.23 Å². The maximum Gasteiger partial charge on any atom is 0.283 e. The van der Waals surface area contributed by atoms with Crippen LogP contribution in [0.2, 0.25) is 0 Å². The minimum atomic E-state index is -0.242. The highest BCUT2D eigenvalue weighted by molar-refractivity contribution is 14.2. The van der Waals surface area contributed by atoms with Crippen LogP contribution in [-0.4, -0.2) is 25.3 Å². The smallest absolute Gasteiger partial charge is 0.283 e. The van der Waals surface area contributed by atoms with Gasteiger partial charge < -0.3 is 4.74 Å². The van der Waals surface area contributed by atoms with Crippen LogP contribution in [0.5, 0.6) is 0 Å². The van der Waals surface area contributed by atoms with Gasteiger partial charge in [-0.25, -0.2) is 0 Å². The second kappa shape index (κ2) is 5.18. The molecule has 0 aliphatic carbocycles. The average molecular weight is 291 g/mol. The Balaban J connectivity index is 3.82. The predicted octanol–water partition coefficient (Wildman–Crippen LogP) is 3.02. The summed E-state index contributed by atoms with van der Waals surface area (Å²) in [5.41, 5.74) is -0.242. The Morgan fingerprint density at radius 3 is 2.50 bits per heavy atom. The summed E-state index contributed by atoms with van der Waals surface area (Å²) in [7, 11) is 1.72. The molecule has 1 atom stereocenters. The Morgan fingerprint density at radius 1 is 1.70 bits per heavy atom. The summed E-state index contributed by atoms with van der Waals surface area (Å²) in [6.45, 7) is 5.09. The van der Waals surface area contributed by atoms with E-state index in [4.69, 9.17) is 16.2 Å². The summed E-state index contributed by atoms with van der Waals surface area (Å²) in [6, 6.07) is 0. The van der Waals surface area contributed by atoms with Crippen molar-refractivity contribution in [3.8, 4) is 0 Å². The summed E-state index contributed by atoms with van der Waals surface area (Å²) in [5, 5.41) is 0.201. The van der Waals surface area contributed by atoms with Crippen LogP contribution in [0.25, 0.3) is 0 Å². The maximum atomic E-state index is 5.61. The van der Waals surface area contributed by atoms with Gasteiger partial charge in [-0.2, -0.15) is 11.5 Å². The van der Waals surface area contributed by atoms with Gasteiger partial charge in [0.1, 0.15) is 0 Å². The first-order valence-electron chi connectivity index (χ1n) is 2.92. The average Bonchev–Trinajstić information content (AvgIpc) is 1.86. The van der Waals surface area contributed by atoms with Crippen LogP contribution in [0.4, 0.5) is 0 Å². The van der Waals surface area contributed by atoms with Gasteiger partial charge in [0.05, 0.1) is 6.61 Å². The van der Waals surface area contributed by atoms with Crippen molar-refractivity contribution in [3.05, 3.63) is 0 Å². The van der Waals surface area contributed by atoms with E-state index in [1.54, 1.807) is 13.5 Å². The lowest BCUT2D eigenvalue weighted by atomic mass is 10.2. The van der Waals surface area contributed by atoms with E-state index in [0.29, 0.717) is 0 Å². The van der Waals surface area contributed by atoms with Gasteiger partial charge in [0.25, 0.3) is 6.41 Å². The van der Waals surface area contributed by atoms with Gasteiger partial charge in [0.15, 0.2) is 0 Å². The summed E-state index contributed by atoms with van der Waals surface area (Å²) >= 11 is 7.98. The molecule has 0 aromatic carbocycles. The molecule has 0 fully saturated rings. The molecule has 0 amide bonds. The summed E-state index contributed by atoms with van der Waals surface area (Å²) in [4.78, 5) is 0. The largest absolute Gasteiger partial charge is 0.384 e. The number of halogens is 2. The van der Waals surface area contributed by atoms with Gasteiger partial charge in [-0.15, -0.1) is 0 Å². The molecule has 10 heavy (non-hydrogen) atoms. The number of rotatable bonds is 4. The monoisotopic (exact) mass is 291 g/mol. The molecule has 0 aromatic heterocycles. The van der Waals surface area contributed by atoms with Crippen LogP contribution in [-0.2, 0) is 4.74 Å². The summed E-state index contributed by atoms with van der Waals surface area (Å²) in [5.74, 6) is 0. The molecule has 5 heteroatoms. The quantitative estimate of drug-likeness (QED) is 0.439. The number of methoxy groups -OCH3 is 1. The van der Waals surface area contributed by atoms with Crippen molar-refractivity contribution < 1.29 is 4.74 Å². The second-order valence-electron chi connectivity index (χ2n) is 2.65. The molecule has 0 N–H and O–H groups in total. The van der Waals surface area contributed by atoms with Crippen molar-refractivity contribution in [2.45, 2.75) is 19.0 Å². The molecular formula is C5H11BClIOP. The Kier molecular flexibility index (Phi) is 5.94. The molecule has 1 unspecified atom stereocenters. The second-order valence-corrected chi connectivity index (χ2v) is 8.39. The van der Waals surface area contributed by atoms with Crippen LogP contribution in [0.3, 0.4) is 0 Å². The normalized spacial score (nSPS) is 14.9. The molecule has 0 bridgehead atoms. The third kappa shape index (κ3) is 3.75. The van der Waals surface area contributed by atoms with E-state index in [1.807, 2.05) is 0 Å². The van der Waals surface area contributed by atoms with Crippen LogP contribution in [0.1, 0.15) is 13.8 Å². The first-order valence-corrected chi connectivity index (χ1v) is 7.55. The van der Waals surface area contributed by atoms with Gasteiger partial charge in [0.2, 0.25) is 0 Å². The standard InChI is InChI=1S/C5H11BClIOP/c1-5(2,4-9-3)10(8)6-7/h4H2,1-3H3. The molecule has 0 aliphatic rings. The van der Waals surface area contributed by atoms with Crippen molar-refractivity contribution in [3.63, 3.8) is 0 Å². The molecule has 0 spiro atoms. The van der Waals surface area contributed by atoms with Crippen molar-refractivity contribution >= 4 is 45.4 Å². The molecule has 0 saturated heterocycles. The van der Waals surface area contributed by atoms with E-state index in [0.717, 1.165) is 6.61 Å². The fourth-order valence-electron chi connectivity index (χ4n) is 0.547. The predicted molar refractivity (Wildman–Crippen MR) is 58.5 cm³/mol. The number of hydrogen-bond acceptors (Lipinski definition) is 1. The van der Waals surface area contributed by atoms with Gasteiger partial charge >= 0.3 is 0 Å². The third-order valence-corrected chi connectivity index (χ3v) is 8.95. The molecule has 0 aromatic rings. The first-order chi connectivity index (χ1) is 4.54. The summed E-state index contributed by atoms with van der Waals surface area (Å²) in [6.07, 6.45) is 1.74. The minimum Gasteiger partial charge on any atom is -0.384 e. The molecular weight excluding hydrogens is 280 g/mol. The zero-order valence-electron chi connectivity index (χ0n) is 6.40. The van der Waals surface area contributed by atoms with Gasteiger partial charge in [-0.05, 0) is 0 Å².